The first-order valence-corrected chi connectivity index (χ1v) is 10.7. The molecule has 1 atom stereocenters. The quantitative estimate of drug-likeness (QED) is 0.629. The topological polar surface area (TPSA) is 105 Å². The average Bonchev–Trinajstić information content (AvgIpc) is 3.05. The van der Waals surface area contributed by atoms with Crippen molar-refractivity contribution in [3.05, 3.63) is 34.9 Å². The Morgan fingerprint density at radius 1 is 1.17 bits per heavy atom. The van der Waals surface area contributed by atoms with Gasteiger partial charge in [-0.3, -0.25) is 19.7 Å². The van der Waals surface area contributed by atoms with Crippen molar-refractivity contribution < 1.29 is 14.4 Å². The standard InChI is InChI=1S/C22H30N4O3/c23-13-22(8-2-1-3-9-22)14-24-11-15-4-5-16-12-26(21(29)17(16)10-15)18-6-7-19(27)25-20(18)28/h4-5,10,18,24H,1-3,6-9,11-14,23H2,(H,25,27,28). The highest BCUT2D eigenvalue weighted by Crippen LogP contribution is 2.35. The van der Waals surface area contributed by atoms with E-state index in [1.165, 1.54) is 32.1 Å². The normalized spacial score (nSPS) is 23.8. The summed E-state index contributed by atoms with van der Waals surface area (Å²) in [6.45, 7) is 2.73. The van der Waals surface area contributed by atoms with E-state index in [0.29, 0.717) is 31.6 Å². The third kappa shape index (κ3) is 4.07. The van der Waals surface area contributed by atoms with Crippen molar-refractivity contribution >= 4 is 17.7 Å². The van der Waals surface area contributed by atoms with Crippen molar-refractivity contribution in [2.75, 3.05) is 13.1 Å². The number of piperidine rings is 1. The van der Waals surface area contributed by atoms with Crippen LogP contribution in [0.4, 0.5) is 0 Å². The lowest BCUT2D eigenvalue weighted by Crippen LogP contribution is -2.52. The van der Waals surface area contributed by atoms with Crippen LogP contribution in [0.5, 0.6) is 0 Å². The minimum absolute atomic E-state index is 0.123. The van der Waals surface area contributed by atoms with Gasteiger partial charge in [0.1, 0.15) is 6.04 Å². The maximum absolute atomic E-state index is 12.9. The molecular weight excluding hydrogens is 368 g/mol. The van der Waals surface area contributed by atoms with Crippen molar-refractivity contribution in [2.24, 2.45) is 11.1 Å². The highest BCUT2D eigenvalue weighted by Gasteiger charge is 2.39. The molecule has 1 saturated carbocycles. The van der Waals surface area contributed by atoms with Crippen LogP contribution >= 0.6 is 0 Å². The van der Waals surface area contributed by atoms with Crippen LogP contribution < -0.4 is 16.4 Å². The second-order valence-electron chi connectivity index (χ2n) is 8.76. The number of nitrogens with one attached hydrogen (secondary N) is 2. The molecule has 4 N–H and O–H groups in total. The molecule has 0 aromatic heterocycles. The van der Waals surface area contributed by atoms with Crippen molar-refractivity contribution in [3.63, 3.8) is 0 Å². The Kier molecular flexibility index (Phi) is 5.69. The van der Waals surface area contributed by atoms with Gasteiger partial charge in [-0.15, -0.1) is 0 Å². The lowest BCUT2D eigenvalue weighted by molar-refractivity contribution is -0.136. The Balaban J connectivity index is 1.39. The molecule has 29 heavy (non-hydrogen) atoms. The van der Waals surface area contributed by atoms with Gasteiger partial charge in [0, 0.05) is 31.6 Å². The van der Waals surface area contributed by atoms with Crippen LogP contribution in [0.15, 0.2) is 18.2 Å². The van der Waals surface area contributed by atoms with Crippen LogP contribution in [0.1, 0.15) is 66.4 Å². The van der Waals surface area contributed by atoms with Gasteiger partial charge in [0.15, 0.2) is 0 Å². The Bertz CT molecular complexity index is 816. The molecule has 1 saturated heterocycles. The molecule has 1 aromatic carbocycles. The third-order valence-electron chi connectivity index (χ3n) is 6.77. The molecule has 156 valence electrons. The van der Waals surface area contributed by atoms with E-state index in [4.69, 9.17) is 5.73 Å². The van der Waals surface area contributed by atoms with Gasteiger partial charge in [-0.25, -0.2) is 0 Å². The Labute approximate surface area is 171 Å². The molecule has 2 heterocycles. The number of rotatable bonds is 6. The molecule has 1 aliphatic carbocycles. The highest BCUT2D eigenvalue weighted by molar-refractivity contribution is 6.05. The number of imide groups is 1. The molecule has 2 fully saturated rings. The van der Waals surface area contributed by atoms with E-state index in [0.717, 1.165) is 17.7 Å². The first-order valence-electron chi connectivity index (χ1n) is 10.7. The molecule has 4 rings (SSSR count). The van der Waals surface area contributed by atoms with Crippen LogP contribution in [0.25, 0.3) is 0 Å². The fourth-order valence-corrected chi connectivity index (χ4v) is 4.94. The molecule has 3 aliphatic rings. The third-order valence-corrected chi connectivity index (χ3v) is 6.77. The van der Waals surface area contributed by atoms with E-state index >= 15 is 0 Å². The van der Waals surface area contributed by atoms with Gasteiger partial charge in [0.2, 0.25) is 11.8 Å². The maximum Gasteiger partial charge on any atom is 0.255 e. The smallest absolute Gasteiger partial charge is 0.255 e. The van der Waals surface area contributed by atoms with E-state index in [-0.39, 0.29) is 29.6 Å². The predicted octanol–water partition coefficient (Wildman–Crippen LogP) is 1.45. The highest BCUT2D eigenvalue weighted by atomic mass is 16.2. The van der Waals surface area contributed by atoms with E-state index in [2.05, 4.69) is 10.6 Å². The van der Waals surface area contributed by atoms with Gasteiger partial charge in [-0.2, -0.15) is 0 Å². The summed E-state index contributed by atoms with van der Waals surface area (Å²) in [6.07, 6.45) is 6.83. The Morgan fingerprint density at radius 3 is 2.69 bits per heavy atom. The van der Waals surface area contributed by atoms with E-state index in [1.54, 1.807) is 4.90 Å². The van der Waals surface area contributed by atoms with Gasteiger partial charge in [0.05, 0.1) is 0 Å². The SMILES string of the molecule is NCC1(CNCc2ccc3c(c2)C(=O)N(C2CCC(=O)NC2=O)C3)CCCCC1. The van der Waals surface area contributed by atoms with Crippen LogP contribution in [0, 0.1) is 5.41 Å². The van der Waals surface area contributed by atoms with Crippen LogP contribution in [0.3, 0.4) is 0 Å². The molecular formula is C22H30N4O3. The first-order chi connectivity index (χ1) is 14.0. The molecule has 0 bridgehead atoms. The van der Waals surface area contributed by atoms with Crippen molar-refractivity contribution in [2.45, 2.75) is 64.1 Å². The summed E-state index contributed by atoms with van der Waals surface area (Å²) < 4.78 is 0. The molecule has 0 spiro atoms. The van der Waals surface area contributed by atoms with Crippen molar-refractivity contribution in [1.29, 1.82) is 0 Å². The largest absolute Gasteiger partial charge is 0.330 e. The van der Waals surface area contributed by atoms with E-state index < -0.39 is 6.04 Å². The number of carbonyl (C=O) groups excluding carboxylic acids is 3. The number of nitrogens with two attached hydrogens (primary N) is 1. The average molecular weight is 399 g/mol. The predicted molar refractivity (Wildman–Crippen MR) is 109 cm³/mol. The number of amides is 3. The Morgan fingerprint density at radius 2 is 1.97 bits per heavy atom. The van der Waals surface area contributed by atoms with Gasteiger partial charge < -0.3 is 16.0 Å². The molecule has 1 aromatic rings. The molecule has 1 unspecified atom stereocenters. The summed E-state index contributed by atoms with van der Waals surface area (Å²) in [5.41, 5.74) is 8.94. The second-order valence-corrected chi connectivity index (χ2v) is 8.76. The monoisotopic (exact) mass is 398 g/mol. The molecule has 2 aliphatic heterocycles. The van der Waals surface area contributed by atoms with E-state index in [9.17, 15) is 14.4 Å². The summed E-state index contributed by atoms with van der Waals surface area (Å²) in [6, 6.07) is 5.40. The molecule has 3 amide bonds. The van der Waals surface area contributed by atoms with Gasteiger partial charge in [0.25, 0.3) is 5.91 Å². The number of fused-ring (bicyclic) bond motifs is 1. The Hall–Kier alpha value is -2.25. The summed E-state index contributed by atoms with van der Waals surface area (Å²) >= 11 is 0. The summed E-state index contributed by atoms with van der Waals surface area (Å²) in [5, 5.41) is 5.89. The minimum Gasteiger partial charge on any atom is -0.330 e. The second kappa shape index (κ2) is 8.24. The van der Waals surface area contributed by atoms with Crippen molar-refractivity contribution in [1.82, 2.24) is 15.5 Å². The maximum atomic E-state index is 12.9. The first kappa shape index (κ1) is 20.0. The minimum atomic E-state index is -0.565. The van der Waals surface area contributed by atoms with Crippen molar-refractivity contribution in [3.8, 4) is 0 Å². The lowest BCUT2D eigenvalue weighted by Gasteiger charge is -2.36. The fraction of sp³-hybridized carbons (Fsp3) is 0.591. The fourth-order valence-electron chi connectivity index (χ4n) is 4.94. The number of hydrogen-bond donors (Lipinski definition) is 3. The molecule has 0 radical (unpaired) electrons. The molecule has 7 heteroatoms. The van der Waals surface area contributed by atoms with Gasteiger partial charge >= 0.3 is 0 Å². The molecule has 7 nitrogen and oxygen atoms in total. The van der Waals surface area contributed by atoms with Gasteiger partial charge in [-0.05, 0) is 48.4 Å². The van der Waals surface area contributed by atoms with E-state index in [1.807, 2.05) is 18.2 Å². The zero-order chi connectivity index (χ0) is 20.4. The van der Waals surface area contributed by atoms with Crippen LogP contribution in [-0.2, 0) is 22.7 Å². The van der Waals surface area contributed by atoms with Crippen LogP contribution in [0.2, 0.25) is 0 Å². The number of nitrogens with zero attached hydrogens (tertiary/aromatic N) is 1. The number of carbonyl (C=O) groups is 3. The number of benzene rings is 1. The zero-order valence-electron chi connectivity index (χ0n) is 16.8. The summed E-state index contributed by atoms with van der Waals surface area (Å²) in [4.78, 5) is 38.1. The van der Waals surface area contributed by atoms with Crippen LogP contribution in [-0.4, -0.2) is 41.8 Å². The summed E-state index contributed by atoms with van der Waals surface area (Å²) in [5.74, 6) is -0.761. The van der Waals surface area contributed by atoms with Gasteiger partial charge in [-0.1, -0.05) is 31.4 Å². The lowest BCUT2D eigenvalue weighted by atomic mass is 9.74. The summed E-state index contributed by atoms with van der Waals surface area (Å²) in [7, 11) is 0. The number of hydrogen-bond acceptors (Lipinski definition) is 5. The zero-order valence-corrected chi connectivity index (χ0v) is 16.8.